The number of hydrazone groups is 1. The van der Waals surface area contributed by atoms with Gasteiger partial charge >= 0.3 is 0 Å². The van der Waals surface area contributed by atoms with Gasteiger partial charge in [-0.15, -0.1) is 0 Å². The van der Waals surface area contributed by atoms with E-state index in [1.165, 1.54) is 13.3 Å². The quantitative estimate of drug-likeness (QED) is 0.220. The number of nitrogens with zero attached hydrogens (tertiary/aromatic N) is 1. The highest BCUT2D eigenvalue weighted by molar-refractivity contribution is 6.31. The molecule has 170 valence electrons. The Kier molecular flexibility index (Phi) is 8.75. The molecule has 1 N–H and O–H groups in total. The molecule has 0 spiro atoms. The Balaban J connectivity index is 1.68. The van der Waals surface area contributed by atoms with Crippen LogP contribution in [0.1, 0.15) is 21.5 Å². The molecular formula is C25H22Cl2N2O4. The van der Waals surface area contributed by atoms with Crippen LogP contribution in [0, 0.1) is 0 Å². The van der Waals surface area contributed by atoms with Crippen molar-refractivity contribution in [2.75, 3.05) is 13.7 Å². The number of ether oxygens (including phenoxy) is 3. The van der Waals surface area contributed by atoms with E-state index >= 15 is 0 Å². The Morgan fingerprint density at radius 3 is 2.42 bits per heavy atom. The topological polar surface area (TPSA) is 69.2 Å². The molecule has 0 heterocycles. The molecule has 0 unspecified atom stereocenters. The summed E-state index contributed by atoms with van der Waals surface area (Å²) >= 11 is 12.0. The van der Waals surface area contributed by atoms with E-state index in [1.807, 2.05) is 12.1 Å². The number of carbonyl (C=O) groups excluding carboxylic acids is 1. The first-order chi connectivity index (χ1) is 16.0. The van der Waals surface area contributed by atoms with E-state index < -0.39 is 5.91 Å². The first kappa shape index (κ1) is 24.2. The zero-order chi connectivity index (χ0) is 23.6. The summed E-state index contributed by atoms with van der Waals surface area (Å²) in [6.07, 6.45) is 3.10. The molecule has 0 aliphatic heterocycles. The Hall–Kier alpha value is -3.48. The summed E-state index contributed by atoms with van der Waals surface area (Å²) in [5.41, 5.74) is 4.43. The number of hydrogen-bond donors (Lipinski definition) is 1. The second-order valence-corrected chi connectivity index (χ2v) is 7.63. The average Bonchev–Trinajstić information content (AvgIpc) is 2.83. The van der Waals surface area contributed by atoms with Crippen LogP contribution in [0.25, 0.3) is 0 Å². The molecular weight excluding hydrogens is 463 g/mol. The summed E-state index contributed by atoms with van der Waals surface area (Å²) in [6.45, 7) is 4.28. The van der Waals surface area contributed by atoms with Crippen LogP contribution in [-0.4, -0.2) is 25.8 Å². The van der Waals surface area contributed by atoms with Crippen LogP contribution < -0.4 is 19.6 Å². The summed E-state index contributed by atoms with van der Waals surface area (Å²) in [5, 5.41) is 5.22. The van der Waals surface area contributed by atoms with Crippen molar-refractivity contribution in [3.05, 3.63) is 100 Å². The molecule has 0 fully saturated rings. The summed E-state index contributed by atoms with van der Waals surface area (Å²) in [4.78, 5) is 12.5. The van der Waals surface area contributed by atoms with Crippen LogP contribution >= 0.6 is 23.2 Å². The third-order valence-electron chi connectivity index (χ3n) is 4.43. The minimum Gasteiger partial charge on any atom is -0.493 e. The van der Waals surface area contributed by atoms with Crippen molar-refractivity contribution in [2.45, 2.75) is 6.61 Å². The lowest BCUT2D eigenvalue weighted by atomic mass is 10.2. The van der Waals surface area contributed by atoms with Gasteiger partial charge in [0.25, 0.3) is 5.91 Å². The maximum atomic E-state index is 12.5. The SMILES string of the molecule is C=CCOc1ccc(C(=O)N/N=C/c2cc(Cl)ccc2OCc2ccc(Cl)cc2)cc1OC. The average molecular weight is 485 g/mol. The highest BCUT2D eigenvalue weighted by Gasteiger charge is 2.11. The number of halogens is 2. The van der Waals surface area contributed by atoms with Gasteiger partial charge in [0.05, 0.1) is 13.3 Å². The van der Waals surface area contributed by atoms with Crippen LogP contribution in [0.3, 0.4) is 0 Å². The largest absolute Gasteiger partial charge is 0.493 e. The number of amides is 1. The van der Waals surface area contributed by atoms with Crippen molar-refractivity contribution in [1.29, 1.82) is 0 Å². The summed E-state index contributed by atoms with van der Waals surface area (Å²) < 4.78 is 16.7. The van der Waals surface area contributed by atoms with Crippen molar-refractivity contribution >= 4 is 35.3 Å². The lowest BCUT2D eigenvalue weighted by molar-refractivity contribution is 0.0954. The second-order valence-electron chi connectivity index (χ2n) is 6.76. The van der Waals surface area contributed by atoms with Crippen molar-refractivity contribution < 1.29 is 19.0 Å². The van der Waals surface area contributed by atoms with Gasteiger partial charge in [-0.1, -0.05) is 48.0 Å². The Bertz CT molecular complexity index is 1150. The molecule has 3 aromatic rings. The van der Waals surface area contributed by atoms with Crippen LogP contribution in [0.5, 0.6) is 17.2 Å². The summed E-state index contributed by atoms with van der Waals surface area (Å²) in [6, 6.07) is 17.4. The van der Waals surface area contributed by atoms with Gasteiger partial charge in [0.2, 0.25) is 0 Å². The third kappa shape index (κ3) is 7.00. The highest BCUT2D eigenvalue weighted by Crippen LogP contribution is 2.28. The van der Waals surface area contributed by atoms with Crippen molar-refractivity contribution in [1.82, 2.24) is 5.43 Å². The highest BCUT2D eigenvalue weighted by atomic mass is 35.5. The molecule has 0 aromatic heterocycles. The number of benzene rings is 3. The molecule has 0 saturated heterocycles. The number of nitrogens with one attached hydrogen (secondary N) is 1. The lowest BCUT2D eigenvalue weighted by Crippen LogP contribution is -2.17. The van der Waals surface area contributed by atoms with Crippen LogP contribution in [0.4, 0.5) is 0 Å². The summed E-state index contributed by atoms with van der Waals surface area (Å²) in [7, 11) is 1.50. The fourth-order valence-electron chi connectivity index (χ4n) is 2.80. The first-order valence-corrected chi connectivity index (χ1v) is 10.7. The van der Waals surface area contributed by atoms with E-state index in [-0.39, 0.29) is 0 Å². The predicted molar refractivity (Wildman–Crippen MR) is 131 cm³/mol. The van der Waals surface area contributed by atoms with Gasteiger partial charge in [-0.25, -0.2) is 5.43 Å². The van der Waals surface area contributed by atoms with E-state index in [4.69, 9.17) is 37.4 Å². The molecule has 3 aromatic carbocycles. The van der Waals surface area contributed by atoms with E-state index in [0.717, 1.165) is 5.56 Å². The fraction of sp³-hybridized carbons (Fsp3) is 0.120. The Morgan fingerprint density at radius 2 is 1.70 bits per heavy atom. The molecule has 8 heteroatoms. The lowest BCUT2D eigenvalue weighted by Gasteiger charge is -2.11. The molecule has 0 saturated carbocycles. The molecule has 3 rings (SSSR count). The van der Waals surface area contributed by atoms with Gasteiger partial charge < -0.3 is 14.2 Å². The monoisotopic (exact) mass is 484 g/mol. The molecule has 0 bridgehead atoms. The maximum absolute atomic E-state index is 12.5. The zero-order valence-electron chi connectivity index (χ0n) is 17.9. The third-order valence-corrected chi connectivity index (χ3v) is 4.92. The summed E-state index contributed by atoms with van der Waals surface area (Å²) in [5.74, 6) is 1.10. The van der Waals surface area contributed by atoms with E-state index in [2.05, 4.69) is 17.1 Å². The number of rotatable bonds is 10. The molecule has 0 radical (unpaired) electrons. The Morgan fingerprint density at radius 1 is 0.970 bits per heavy atom. The van der Waals surface area contributed by atoms with E-state index in [1.54, 1.807) is 54.6 Å². The number of methoxy groups -OCH3 is 1. The molecule has 6 nitrogen and oxygen atoms in total. The minimum atomic E-state index is -0.412. The smallest absolute Gasteiger partial charge is 0.271 e. The Labute approximate surface area is 202 Å². The standard InChI is InChI=1S/C25H22Cl2N2O4/c1-3-12-32-23-10-6-18(14-24(23)31-2)25(30)29-28-15-19-13-21(27)9-11-22(19)33-16-17-4-7-20(26)8-5-17/h3-11,13-15H,1,12,16H2,2H3,(H,29,30)/b28-15+. The molecule has 0 atom stereocenters. The maximum Gasteiger partial charge on any atom is 0.271 e. The minimum absolute atomic E-state index is 0.328. The van der Waals surface area contributed by atoms with Gasteiger partial charge in [0, 0.05) is 21.2 Å². The van der Waals surface area contributed by atoms with Gasteiger partial charge in [-0.2, -0.15) is 5.10 Å². The van der Waals surface area contributed by atoms with Gasteiger partial charge in [0.1, 0.15) is 19.0 Å². The van der Waals surface area contributed by atoms with E-state index in [9.17, 15) is 4.79 Å². The van der Waals surface area contributed by atoms with Gasteiger partial charge in [0.15, 0.2) is 11.5 Å². The predicted octanol–water partition coefficient (Wildman–Crippen LogP) is 5.91. The second kappa shape index (κ2) is 11.9. The number of carbonyl (C=O) groups is 1. The van der Waals surface area contributed by atoms with Gasteiger partial charge in [-0.05, 0) is 54.1 Å². The van der Waals surface area contributed by atoms with Gasteiger partial charge in [-0.3, -0.25) is 4.79 Å². The fourth-order valence-corrected chi connectivity index (χ4v) is 3.10. The first-order valence-electron chi connectivity index (χ1n) is 9.92. The van der Waals surface area contributed by atoms with Crippen LogP contribution in [-0.2, 0) is 6.61 Å². The van der Waals surface area contributed by atoms with Crippen LogP contribution in [0.15, 0.2) is 78.4 Å². The van der Waals surface area contributed by atoms with Crippen LogP contribution in [0.2, 0.25) is 10.0 Å². The van der Waals surface area contributed by atoms with Crippen molar-refractivity contribution in [3.63, 3.8) is 0 Å². The molecule has 33 heavy (non-hydrogen) atoms. The van der Waals surface area contributed by atoms with E-state index in [0.29, 0.717) is 51.6 Å². The van der Waals surface area contributed by atoms with Crippen molar-refractivity contribution in [3.8, 4) is 17.2 Å². The number of hydrogen-bond acceptors (Lipinski definition) is 5. The molecule has 1 amide bonds. The molecule has 0 aliphatic carbocycles. The normalized spacial score (nSPS) is 10.6. The zero-order valence-corrected chi connectivity index (χ0v) is 19.4. The van der Waals surface area contributed by atoms with Crippen molar-refractivity contribution in [2.24, 2.45) is 5.10 Å². The molecule has 0 aliphatic rings.